The number of hydrogen-bond acceptors (Lipinski definition) is 3. The molecule has 130 valence electrons. The quantitative estimate of drug-likeness (QED) is 0.809. The van der Waals surface area contributed by atoms with Gasteiger partial charge in [0.2, 0.25) is 0 Å². The first-order chi connectivity index (χ1) is 11.7. The number of nitrogens with one attached hydrogen (secondary N) is 1. The molecule has 1 saturated heterocycles. The summed E-state index contributed by atoms with van der Waals surface area (Å²) in [6.07, 6.45) is 5.51. The van der Waals surface area contributed by atoms with Gasteiger partial charge in [-0.15, -0.1) is 0 Å². The van der Waals surface area contributed by atoms with E-state index >= 15 is 0 Å². The average Bonchev–Trinajstić information content (AvgIpc) is 3.27. The van der Waals surface area contributed by atoms with Gasteiger partial charge >= 0.3 is 6.03 Å². The van der Waals surface area contributed by atoms with Gasteiger partial charge in [-0.1, -0.05) is 42.5 Å². The maximum absolute atomic E-state index is 12.3. The van der Waals surface area contributed by atoms with Gasteiger partial charge in [0.25, 0.3) is 0 Å². The summed E-state index contributed by atoms with van der Waals surface area (Å²) in [5, 5.41) is 3.06. The molecular weight excluding hydrogens is 300 g/mol. The van der Waals surface area contributed by atoms with E-state index in [2.05, 4.69) is 58.6 Å². The maximum atomic E-state index is 12.3. The molecule has 0 unspecified atom stereocenters. The molecule has 1 aromatic rings. The van der Waals surface area contributed by atoms with Gasteiger partial charge in [0.15, 0.2) is 0 Å². The highest BCUT2D eigenvalue weighted by Gasteiger charge is 2.30. The fourth-order valence-electron chi connectivity index (χ4n) is 3.46. The average molecular weight is 328 g/mol. The van der Waals surface area contributed by atoms with Crippen molar-refractivity contribution in [3.63, 3.8) is 0 Å². The topological polar surface area (TPSA) is 38.8 Å². The Hall–Kier alpha value is -1.85. The van der Waals surface area contributed by atoms with Crippen LogP contribution in [-0.4, -0.2) is 73.1 Å². The van der Waals surface area contributed by atoms with Crippen LogP contribution in [0.3, 0.4) is 0 Å². The number of amides is 2. The lowest BCUT2D eigenvalue weighted by molar-refractivity contribution is 0.198. The minimum atomic E-state index is 0.0813. The molecule has 0 aromatic heterocycles. The number of carbonyl (C=O) groups excluding carboxylic acids is 1. The van der Waals surface area contributed by atoms with Crippen molar-refractivity contribution in [3.05, 3.63) is 48.0 Å². The van der Waals surface area contributed by atoms with Crippen molar-refractivity contribution >= 4 is 6.03 Å². The monoisotopic (exact) mass is 328 g/mol. The predicted octanol–water partition coefficient (Wildman–Crippen LogP) is 1.77. The number of likely N-dealkylation sites (N-methyl/N-ethyl adjacent to an activating group) is 1. The number of likely N-dealkylation sites (tertiary alicyclic amines) is 1. The number of nitrogens with zero attached hydrogens (tertiary/aromatic N) is 3. The smallest absolute Gasteiger partial charge is 0.317 e. The second-order valence-corrected chi connectivity index (χ2v) is 6.77. The van der Waals surface area contributed by atoms with Gasteiger partial charge in [-0.25, -0.2) is 4.79 Å². The van der Waals surface area contributed by atoms with E-state index in [-0.39, 0.29) is 6.03 Å². The SMILES string of the molecule is CN(CCNC(=O)N1CC[C@H](N2CC=CC2)C1)Cc1ccccc1. The van der Waals surface area contributed by atoms with E-state index in [0.717, 1.165) is 45.7 Å². The fraction of sp³-hybridized carbons (Fsp3) is 0.526. The van der Waals surface area contributed by atoms with Crippen molar-refractivity contribution < 1.29 is 4.79 Å². The number of hydrogen-bond donors (Lipinski definition) is 1. The highest BCUT2D eigenvalue weighted by atomic mass is 16.2. The standard InChI is InChI=1S/C19H28N4O/c1-21(15-17-7-3-2-4-8-17)14-10-20-19(24)23-13-9-18(16-23)22-11-5-6-12-22/h2-8,18H,9-16H2,1H3,(H,20,24)/t18-/m0/s1. The molecule has 2 aliphatic rings. The van der Waals surface area contributed by atoms with Crippen LogP contribution in [0.5, 0.6) is 0 Å². The third-order valence-corrected chi connectivity index (χ3v) is 4.88. The summed E-state index contributed by atoms with van der Waals surface area (Å²) in [6.45, 7) is 6.24. The summed E-state index contributed by atoms with van der Waals surface area (Å²) >= 11 is 0. The van der Waals surface area contributed by atoms with Crippen LogP contribution in [0.15, 0.2) is 42.5 Å². The van der Waals surface area contributed by atoms with Gasteiger partial charge in [-0.3, -0.25) is 4.90 Å². The second kappa shape index (κ2) is 8.31. The normalized spacial score (nSPS) is 20.9. The number of urea groups is 1. The van der Waals surface area contributed by atoms with Crippen LogP contribution in [0.2, 0.25) is 0 Å². The lowest BCUT2D eigenvalue weighted by Crippen LogP contribution is -2.43. The van der Waals surface area contributed by atoms with Crippen LogP contribution in [-0.2, 0) is 6.54 Å². The van der Waals surface area contributed by atoms with Crippen LogP contribution < -0.4 is 5.32 Å². The highest BCUT2D eigenvalue weighted by molar-refractivity contribution is 5.74. The molecule has 5 nitrogen and oxygen atoms in total. The van der Waals surface area contributed by atoms with Crippen molar-refractivity contribution in [2.24, 2.45) is 0 Å². The highest BCUT2D eigenvalue weighted by Crippen LogP contribution is 2.17. The molecule has 2 heterocycles. The van der Waals surface area contributed by atoms with E-state index in [1.807, 2.05) is 11.0 Å². The zero-order chi connectivity index (χ0) is 16.8. The first-order valence-corrected chi connectivity index (χ1v) is 8.86. The summed E-state index contributed by atoms with van der Waals surface area (Å²) in [7, 11) is 2.09. The molecule has 3 rings (SSSR count). The third-order valence-electron chi connectivity index (χ3n) is 4.88. The Morgan fingerprint density at radius 1 is 1.25 bits per heavy atom. The number of carbonyl (C=O) groups is 1. The fourth-order valence-corrected chi connectivity index (χ4v) is 3.46. The number of rotatable bonds is 6. The van der Waals surface area contributed by atoms with Gasteiger partial charge in [-0.05, 0) is 19.0 Å². The van der Waals surface area contributed by atoms with Crippen molar-refractivity contribution in [2.45, 2.75) is 19.0 Å². The van der Waals surface area contributed by atoms with Gasteiger partial charge in [0, 0.05) is 51.9 Å². The first-order valence-electron chi connectivity index (χ1n) is 8.86. The molecule has 2 amide bonds. The van der Waals surface area contributed by atoms with E-state index in [1.54, 1.807) is 0 Å². The Labute approximate surface area is 144 Å². The number of benzene rings is 1. The molecular formula is C19H28N4O. The van der Waals surface area contributed by atoms with Crippen LogP contribution in [0.25, 0.3) is 0 Å². The minimum absolute atomic E-state index is 0.0813. The lowest BCUT2D eigenvalue weighted by Gasteiger charge is -2.24. The summed E-state index contributed by atoms with van der Waals surface area (Å²) in [4.78, 5) is 18.9. The van der Waals surface area contributed by atoms with Crippen molar-refractivity contribution in [1.29, 1.82) is 0 Å². The van der Waals surface area contributed by atoms with Crippen molar-refractivity contribution in [3.8, 4) is 0 Å². The molecule has 1 fully saturated rings. The largest absolute Gasteiger partial charge is 0.337 e. The van der Waals surface area contributed by atoms with E-state index in [4.69, 9.17) is 0 Å². The Kier molecular flexibility index (Phi) is 5.88. The molecule has 1 N–H and O–H groups in total. The van der Waals surface area contributed by atoms with Crippen LogP contribution in [0.1, 0.15) is 12.0 Å². The summed E-state index contributed by atoms with van der Waals surface area (Å²) < 4.78 is 0. The molecule has 0 bridgehead atoms. The summed E-state index contributed by atoms with van der Waals surface area (Å²) in [6, 6.07) is 11.0. The van der Waals surface area contributed by atoms with Gasteiger partial charge in [0.05, 0.1) is 0 Å². The lowest BCUT2D eigenvalue weighted by atomic mass is 10.2. The zero-order valence-electron chi connectivity index (χ0n) is 14.5. The van der Waals surface area contributed by atoms with E-state index in [9.17, 15) is 4.79 Å². The minimum Gasteiger partial charge on any atom is -0.337 e. The Balaban J connectivity index is 1.34. The van der Waals surface area contributed by atoms with Crippen molar-refractivity contribution in [2.75, 3.05) is 46.3 Å². The zero-order valence-corrected chi connectivity index (χ0v) is 14.5. The molecule has 1 aromatic carbocycles. The predicted molar refractivity (Wildman–Crippen MR) is 96.9 cm³/mol. The molecule has 2 aliphatic heterocycles. The maximum Gasteiger partial charge on any atom is 0.317 e. The van der Waals surface area contributed by atoms with Gasteiger partial charge in [-0.2, -0.15) is 0 Å². The summed E-state index contributed by atoms with van der Waals surface area (Å²) in [5.41, 5.74) is 1.30. The van der Waals surface area contributed by atoms with Crippen molar-refractivity contribution in [1.82, 2.24) is 20.0 Å². The van der Waals surface area contributed by atoms with Gasteiger partial charge < -0.3 is 15.1 Å². The van der Waals surface area contributed by atoms with Crippen LogP contribution in [0, 0.1) is 0 Å². The molecule has 1 atom stereocenters. The second-order valence-electron chi connectivity index (χ2n) is 6.77. The molecule has 0 spiro atoms. The van der Waals surface area contributed by atoms with Gasteiger partial charge in [0.1, 0.15) is 0 Å². The third kappa shape index (κ3) is 4.58. The molecule has 5 heteroatoms. The molecule has 0 radical (unpaired) electrons. The Bertz CT molecular complexity index is 552. The summed E-state index contributed by atoms with van der Waals surface area (Å²) in [5.74, 6) is 0. The van der Waals surface area contributed by atoms with E-state index in [0.29, 0.717) is 12.6 Å². The van der Waals surface area contributed by atoms with E-state index in [1.165, 1.54) is 5.56 Å². The molecule has 0 saturated carbocycles. The van der Waals surface area contributed by atoms with Crippen LogP contribution in [0.4, 0.5) is 4.79 Å². The Morgan fingerprint density at radius 2 is 2.00 bits per heavy atom. The van der Waals surface area contributed by atoms with E-state index < -0.39 is 0 Å². The first kappa shape index (κ1) is 17.0. The van der Waals surface area contributed by atoms with Crippen LogP contribution >= 0.6 is 0 Å². The molecule has 24 heavy (non-hydrogen) atoms. The molecule has 0 aliphatic carbocycles. The Morgan fingerprint density at radius 3 is 2.75 bits per heavy atom.